The van der Waals surface area contributed by atoms with E-state index in [9.17, 15) is 0 Å². The van der Waals surface area contributed by atoms with Gasteiger partial charge in [0.25, 0.3) is 0 Å². The molecule has 0 aromatic carbocycles. The number of hydrogen-bond donors (Lipinski definition) is 0. The molecule has 0 radical (unpaired) electrons. The molecule has 0 saturated heterocycles. The van der Waals surface area contributed by atoms with Crippen LogP contribution >= 0.6 is 0 Å². The average Bonchev–Trinajstić information content (AvgIpc) is 2.37. The SMILES string of the molecule is CCCC[Si]12C3=CCCC1=CCCC2=CCC3. The van der Waals surface area contributed by atoms with E-state index in [4.69, 9.17) is 0 Å². The molecule has 0 aliphatic carbocycles. The zero-order chi connectivity index (χ0) is 11.7. The Bertz CT molecular complexity index is 343. The molecule has 92 valence electrons. The van der Waals surface area contributed by atoms with Crippen LogP contribution in [0.25, 0.3) is 0 Å². The van der Waals surface area contributed by atoms with E-state index >= 15 is 0 Å². The van der Waals surface area contributed by atoms with Gasteiger partial charge >= 0.3 is 0 Å². The van der Waals surface area contributed by atoms with Gasteiger partial charge in [-0.3, -0.25) is 0 Å². The van der Waals surface area contributed by atoms with E-state index in [1.807, 2.05) is 15.6 Å². The Morgan fingerprint density at radius 1 is 0.882 bits per heavy atom. The van der Waals surface area contributed by atoms with Crippen molar-refractivity contribution in [2.75, 3.05) is 0 Å². The number of unbranched alkanes of at least 4 members (excludes halogenated alkanes) is 1. The van der Waals surface area contributed by atoms with Gasteiger partial charge in [-0.05, 0) is 44.6 Å². The van der Waals surface area contributed by atoms with E-state index in [0.717, 1.165) is 0 Å². The number of hydrogen-bond acceptors (Lipinski definition) is 0. The lowest BCUT2D eigenvalue weighted by Crippen LogP contribution is -2.47. The third-order valence-corrected chi connectivity index (χ3v) is 10.7. The van der Waals surface area contributed by atoms with E-state index in [1.54, 1.807) is 0 Å². The average molecular weight is 244 g/mol. The maximum atomic E-state index is 2.64. The van der Waals surface area contributed by atoms with Gasteiger partial charge in [0, 0.05) is 0 Å². The predicted molar refractivity (Wildman–Crippen MR) is 77.4 cm³/mol. The van der Waals surface area contributed by atoms with Crippen LogP contribution in [0.1, 0.15) is 58.3 Å². The third-order valence-electron chi connectivity index (χ3n) is 4.96. The van der Waals surface area contributed by atoms with Crippen molar-refractivity contribution in [2.24, 2.45) is 0 Å². The Balaban J connectivity index is 2.07. The molecule has 0 saturated carbocycles. The lowest BCUT2D eigenvalue weighted by atomic mass is 10.1. The van der Waals surface area contributed by atoms with Gasteiger partial charge in [0.2, 0.25) is 0 Å². The molecule has 0 fully saturated rings. The van der Waals surface area contributed by atoms with E-state index in [0.29, 0.717) is 0 Å². The van der Waals surface area contributed by atoms with Crippen molar-refractivity contribution in [2.45, 2.75) is 64.3 Å². The highest BCUT2D eigenvalue weighted by atomic mass is 28.3. The Kier molecular flexibility index (Phi) is 3.12. The second kappa shape index (κ2) is 4.60. The fourth-order valence-electron chi connectivity index (χ4n) is 4.22. The fraction of sp³-hybridized carbons (Fsp3) is 0.625. The summed E-state index contributed by atoms with van der Waals surface area (Å²) in [6.45, 7) is 2.35. The van der Waals surface area contributed by atoms with E-state index in [1.165, 1.54) is 57.4 Å². The summed E-state index contributed by atoms with van der Waals surface area (Å²) >= 11 is 0. The van der Waals surface area contributed by atoms with Crippen LogP contribution in [-0.2, 0) is 0 Å². The Hall–Kier alpha value is -0.563. The molecule has 0 spiro atoms. The summed E-state index contributed by atoms with van der Waals surface area (Å²) in [7, 11) is -1.28. The van der Waals surface area contributed by atoms with Gasteiger partial charge < -0.3 is 0 Å². The van der Waals surface area contributed by atoms with Crippen molar-refractivity contribution in [1.82, 2.24) is 0 Å². The van der Waals surface area contributed by atoms with E-state index in [-0.39, 0.29) is 0 Å². The van der Waals surface area contributed by atoms with Crippen molar-refractivity contribution >= 4 is 8.07 Å². The summed E-state index contributed by atoms with van der Waals surface area (Å²) in [5.74, 6) is 0. The summed E-state index contributed by atoms with van der Waals surface area (Å²) in [5.41, 5.74) is 0. The lowest BCUT2D eigenvalue weighted by Gasteiger charge is -2.46. The first-order valence-corrected chi connectivity index (χ1v) is 9.67. The molecule has 0 amide bonds. The molecule has 3 heterocycles. The molecule has 0 bridgehead atoms. The monoisotopic (exact) mass is 244 g/mol. The third kappa shape index (κ3) is 1.70. The molecule has 0 atom stereocenters. The van der Waals surface area contributed by atoms with E-state index in [2.05, 4.69) is 25.2 Å². The highest BCUT2D eigenvalue weighted by Gasteiger charge is 2.46. The molecule has 0 N–H and O–H groups in total. The van der Waals surface area contributed by atoms with Crippen LogP contribution in [0.3, 0.4) is 0 Å². The molecular weight excluding hydrogens is 220 g/mol. The van der Waals surface area contributed by atoms with Crippen LogP contribution in [-0.4, -0.2) is 8.07 Å². The molecule has 0 aromatic heterocycles. The summed E-state index contributed by atoms with van der Waals surface area (Å²) in [5, 5.41) is 5.75. The minimum atomic E-state index is -1.28. The number of rotatable bonds is 3. The largest absolute Gasteiger partial charge is 0.135 e. The van der Waals surface area contributed by atoms with Crippen molar-refractivity contribution in [1.29, 1.82) is 0 Å². The second-order valence-electron chi connectivity index (χ2n) is 5.81. The van der Waals surface area contributed by atoms with Gasteiger partial charge in [-0.1, -0.05) is 53.6 Å². The Morgan fingerprint density at radius 2 is 1.35 bits per heavy atom. The Morgan fingerprint density at radius 3 is 1.76 bits per heavy atom. The van der Waals surface area contributed by atoms with Gasteiger partial charge in [0.15, 0.2) is 0 Å². The highest BCUT2D eigenvalue weighted by molar-refractivity contribution is 6.99. The van der Waals surface area contributed by atoms with E-state index < -0.39 is 8.07 Å². The summed E-state index contributed by atoms with van der Waals surface area (Å²) in [6, 6.07) is 1.52. The minimum absolute atomic E-state index is 1.28. The van der Waals surface area contributed by atoms with Gasteiger partial charge in [-0.25, -0.2) is 0 Å². The van der Waals surface area contributed by atoms with Crippen LogP contribution in [0.5, 0.6) is 0 Å². The highest BCUT2D eigenvalue weighted by Crippen LogP contribution is 2.49. The maximum absolute atomic E-state index is 2.64. The first-order chi connectivity index (χ1) is 8.38. The molecule has 1 heteroatoms. The smallest absolute Gasteiger partial charge is 0.0882 e. The molecule has 17 heavy (non-hydrogen) atoms. The second-order valence-corrected chi connectivity index (χ2v) is 10.1. The van der Waals surface area contributed by atoms with Crippen LogP contribution < -0.4 is 0 Å². The molecule has 3 aliphatic rings. The molecule has 0 unspecified atom stereocenters. The van der Waals surface area contributed by atoms with Crippen molar-refractivity contribution < 1.29 is 0 Å². The first-order valence-electron chi connectivity index (χ1n) is 7.46. The standard InChI is InChI=1S/C16H24Si/c1-2-3-13-17-14-7-4-8-15(17)10-6-12-16(17)11-5-9-14/h7,10-11H,2-6,8-9,12-13H2,1H3. The fourth-order valence-corrected chi connectivity index (χ4v) is 10.5. The van der Waals surface area contributed by atoms with Crippen LogP contribution in [0, 0.1) is 0 Å². The summed E-state index contributed by atoms with van der Waals surface area (Å²) in [6.07, 6.45) is 18.9. The van der Waals surface area contributed by atoms with Crippen molar-refractivity contribution in [3.05, 3.63) is 33.8 Å². The zero-order valence-corrected chi connectivity index (χ0v) is 12.1. The summed E-state index contributed by atoms with van der Waals surface area (Å²) < 4.78 is 0. The van der Waals surface area contributed by atoms with Gasteiger partial charge in [-0.2, -0.15) is 0 Å². The molecule has 3 aliphatic heterocycles. The minimum Gasteiger partial charge on any atom is -0.0882 e. The van der Waals surface area contributed by atoms with Crippen LogP contribution in [0.15, 0.2) is 33.8 Å². The maximum Gasteiger partial charge on any atom is 0.135 e. The molecular formula is C16H24Si. The molecule has 0 nitrogen and oxygen atoms in total. The van der Waals surface area contributed by atoms with Gasteiger partial charge in [0.05, 0.1) is 0 Å². The number of allylic oxidation sites excluding steroid dienone is 6. The van der Waals surface area contributed by atoms with Crippen LogP contribution in [0.4, 0.5) is 0 Å². The quantitative estimate of drug-likeness (QED) is 0.612. The molecule has 0 aromatic rings. The van der Waals surface area contributed by atoms with Crippen molar-refractivity contribution in [3.63, 3.8) is 0 Å². The predicted octanol–water partition coefficient (Wildman–Crippen LogP) is 5.01. The lowest BCUT2D eigenvalue weighted by molar-refractivity contribution is 0.814. The van der Waals surface area contributed by atoms with Crippen LogP contribution in [0.2, 0.25) is 6.04 Å². The van der Waals surface area contributed by atoms with Gasteiger partial charge in [-0.15, -0.1) is 0 Å². The van der Waals surface area contributed by atoms with Crippen molar-refractivity contribution in [3.8, 4) is 0 Å². The van der Waals surface area contributed by atoms with Gasteiger partial charge in [0.1, 0.15) is 8.07 Å². The normalized spacial score (nSPS) is 25.6. The topological polar surface area (TPSA) is 0 Å². The zero-order valence-electron chi connectivity index (χ0n) is 11.1. The summed E-state index contributed by atoms with van der Waals surface area (Å²) in [4.78, 5) is 0. The first kappa shape index (κ1) is 11.5. The Labute approximate surface area is 107 Å². The molecule has 3 rings (SSSR count).